The third-order valence-electron chi connectivity index (χ3n) is 12.5. The number of carbonyl (C=O) groups is 4. The summed E-state index contributed by atoms with van der Waals surface area (Å²) >= 11 is 0. The molecule has 2 aliphatic heterocycles. The number of amides is 4. The molecule has 17 heteroatoms. The van der Waals surface area contributed by atoms with E-state index in [-0.39, 0.29) is 36.2 Å². The van der Waals surface area contributed by atoms with Crippen molar-refractivity contribution in [2.45, 2.75) is 91.1 Å². The Labute approximate surface area is 391 Å². The number of alkyl carbamates (subject to hydrolysis) is 2. The van der Waals surface area contributed by atoms with E-state index in [9.17, 15) is 19.2 Å². The average Bonchev–Trinajstić information content (AvgIpc) is 4.15. The highest BCUT2D eigenvalue weighted by Gasteiger charge is 2.38. The maximum absolute atomic E-state index is 14.0. The number of hydrogen-bond acceptors (Lipinski definition) is 9. The van der Waals surface area contributed by atoms with Gasteiger partial charge in [0.25, 0.3) is 0 Å². The molecule has 3 aromatic heterocycles. The van der Waals surface area contributed by atoms with Crippen LogP contribution >= 0.6 is 0 Å². The van der Waals surface area contributed by atoms with Crippen molar-refractivity contribution < 1.29 is 33.4 Å². The number of rotatable bonds is 14. The fraction of sp³-hybridized carbons (Fsp3) is 0.400. The summed E-state index contributed by atoms with van der Waals surface area (Å²) < 4.78 is 18.8. The molecule has 4 atom stereocenters. The summed E-state index contributed by atoms with van der Waals surface area (Å²) in [6.07, 6.45) is 4.02. The van der Waals surface area contributed by atoms with E-state index < -0.39 is 38.6 Å². The molecule has 1 unspecified atom stereocenters. The first-order chi connectivity index (χ1) is 32.0. The van der Waals surface area contributed by atoms with Gasteiger partial charge in [-0.15, -0.1) is 0 Å². The van der Waals surface area contributed by atoms with Gasteiger partial charge in [-0.3, -0.25) is 9.59 Å². The number of nitrogens with one attached hydrogen (secondary N) is 4. The van der Waals surface area contributed by atoms with Crippen LogP contribution in [0.15, 0.2) is 85.2 Å². The Hall–Kier alpha value is -6.88. The first-order valence-electron chi connectivity index (χ1n) is 22.9. The molecule has 0 bridgehead atoms. The van der Waals surface area contributed by atoms with Crippen LogP contribution in [-0.2, 0) is 25.6 Å². The Balaban J connectivity index is 1.08. The number of nitrogens with zero attached hydrogens (tertiary/aromatic N) is 5. The van der Waals surface area contributed by atoms with Crippen LogP contribution in [0.1, 0.15) is 70.0 Å². The number of aromatic nitrogens is 5. The molecule has 4 amide bonds. The molecule has 2 aliphatic rings. The lowest BCUT2D eigenvalue weighted by atomic mass is 10.0. The number of aromatic amines is 2. The number of ether oxygens (including phenoxy) is 3. The van der Waals surface area contributed by atoms with Crippen LogP contribution < -0.4 is 15.4 Å². The van der Waals surface area contributed by atoms with Crippen LogP contribution in [0.3, 0.4) is 0 Å². The third-order valence-corrected chi connectivity index (χ3v) is 13.8. The molecule has 0 aliphatic carbocycles. The van der Waals surface area contributed by atoms with Crippen LogP contribution in [0, 0.1) is 11.8 Å². The first kappa shape index (κ1) is 46.6. The van der Waals surface area contributed by atoms with E-state index in [0.717, 1.165) is 68.8 Å². The van der Waals surface area contributed by atoms with E-state index in [1.807, 2.05) is 56.9 Å². The number of carbonyl (C=O) groups excluding carboxylic acids is 4. The van der Waals surface area contributed by atoms with Gasteiger partial charge >= 0.3 is 12.2 Å². The summed E-state index contributed by atoms with van der Waals surface area (Å²) in [5.41, 5.74) is 7.38. The second kappa shape index (κ2) is 19.1. The zero-order chi connectivity index (χ0) is 47.7. The molecule has 3 aromatic carbocycles. The molecule has 5 heterocycles. The van der Waals surface area contributed by atoms with Gasteiger partial charge in [0, 0.05) is 40.4 Å². The van der Waals surface area contributed by atoms with E-state index in [0.29, 0.717) is 24.4 Å². The highest BCUT2D eigenvalue weighted by atomic mass is 28.3. The molecule has 352 valence electrons. The summed E-state index contributed by atoms with van der Waals surface area (Å²) in [5, 5.41) is 6.47. The van der Waals surface area contributed by atoms with E-state index in [1.54, 1.807) is 17.3 Å². The smallest absolute Gasteiger partial charge is 0.407 e. The largest absolute Gasteiger partial charge is 0.465 e. The monoisotopic (exact) mass is 927 g/mol. The molecule has 0 saturated carbocycles. The number of H-pyrrole nitrogens is 2. The average molecular weight is 928 g/mol. The molecule has 6 aromatic rings. The van der Waals surface area contributed by atoms with Gasteiger partial charge in [0.15, 0.2) is 0 Å². The predicted octanol–water partition coefficient (Wildman–Crippen LogP) is 8.66. The zero-order valence-corrected chi connectivity index (χ0v) is 40.7. The maximum Gasteiger partial charge on any atom is 0.407 e. The summed E-state index contributed by atoms with van der Waals surface area (Å²) in [6, 6.07) is 23.1. The third kappa shape index (κ3) is 9.82. The van der Waals surface area contributed by atoms with Crippen molar-refractivity contribution in [1.29, 1.82) is 0 Å². The number of fused-ring (bicyclic) bond motifs is 5. The second-order valence-electron chi connectivity index (χ2n) is 19.4. The Bertz CT molecular complexity index is 2770. The Morgan fingerprint density at radius 3 is 2.18 bits per heavy atom. The quantitative estimate of drug-likeness (QED) is 0.0775. The van der Waals surface area contributed by atoms with Gasteiger partial charge in [0.2, 0.25) is 18.0 Å². The van der Waals surface area contributed by atoms with Crippen molar-refractivity contribution >= 4 is 43.0 Å². The summed E-state index contributed by atoms with van der Waals surface area (Å²) in [4.78, 5) is 72.2. The van der Waals surface area contributed by atoms with E-state index in [2.05, 4.69) is 93.3 Å². The van der Waals surface area contributed by atoms with Crippen molar-refractivity contribution in [1.82, 2.24) is 44.9 Å². The van der Waals surface area contributed by atoms with E-state index >= 15 is 0 Å². The molecule has 1 saturated heterocycles. The number of benzene rings is 3. The van der Waals surface area contributed by atoms with Gasteiger partial charge in [-0.05, 0) is 55.0 Å². The number of imidazole rings is 2. The molecular weight excluding hydrogens is 867 g/mol. The molecule has 0 spiro atoms. The number of hydrogen-bond donors (Lipinski definition) is 4. The van der Waals surface area contributed by atoms with Crippen molar-refractivity contribution in [3.8, 4) is 39.5 Å². The van der Waals surface area contributed by atoms with Gasteiger partial charge in [-0.25, -0.2) is 19.6 Å². The fourth-order valence-corrected chi connectivity index (χ4v) is 10.6. The predicted molar refractivity (Wildman–Crippen MR) is 259 cm³/mol. The van der Waals surface area contributed by atoms with E-state index in [4.69, 9.17) is 24.2 Å². The molecule has 0 radical (unpaired) electrons. The van der Waals surface area contributed by atoms with Crippen molar-refractivity contribution in [2.24, 2.45) is 11.8 Å². The van der Waals surface area contributed by atoms with E-state index in [1.165, 1.54) is 14.2 Å². The molecule has 1 fully saturated rings. The highest BCUT2D eigenvalue weighted by Crippen LogP contribution is 2.46. The Morgan fingerprint density at radius 2 is 1.49 bits per heavy atom. The lowest BCUT2D eigenvalue weighted by molar-refractivity contribution is -0.135. The normalized spacial score (nSPS) is 16.6. The van der Waals surface area contributed by atoms with Crippen LogP contribution in [0.5, 0.6) is 5.75 Å². The van der Waals surface area contributed by atoms with Crippen molar-refractivity contribution in [3.05, 3.63) is 102 Å². The molecule has 67 heavy (non-hydrogen) atoms. The summed E-state index contributed by atoms with van der Waals surface area (Å²) in [6.45, 7) is 15.1. The molecular formula is C50H61N9O7Si. The molecule has 4 N–H and O–H groups in total. The summed E-state index contributed by atoms with van der Waals surface area (Å²) in [7, 11) is 0.804. The minimum atomic E-state index is -1.78. The highest BCUT2D eigenvalue weighted by molar-refractivity contribution is 6.76. The minimum Gasteiger partial charge on any atom is -0.465 e. The standard InChI is InChI=1S/C50H61N9O7Si/c1-29(2)43(55-49(62)64-5)46(60)57(28-67(7,8)9)27-42-51-25-36(53-42)32-18-20-38-34(22-32)23-40-35-19-17-33(24-41(35)66-48(59(38)40)31-14-11-10-12-15-31)37-26-52-45(54-37)39-16-13-21-58(39)47(61)44(30(3)4)56-50(63)65-6/h10-12,14-15,17-20,22-26,29-30,39,43-44,48H,13,16,21,27-28H2,1-9H3,(H,51,53)(H,52,54)(H,55,62)(H,56,63)/t39-,43-,44-,48?/m0/s1. The van der Waals surface area contributed by atoms with Gasteiger partial charge in [0.1, 0.15) is 29.5 Å². The van der Waals surface area contributed by atoms with Crippen LogP contribution in [-0.4, -0.2) is 105 Å². The lowest BCUT2D eigenvalue weighted by Crippen LogP contribution is -2.54. The second-order valence-corrected chi connectivity index (χ2v) is 24.8. The van der Waals surface area contributed by atoms with Gasteiger partial charge < -0.3 is 49.2 Å². The minimum absolute atomic E-state index is 0.134. The molecule has 8 rings (SSSR count). The van der Waals surface area contributed by atoms with Crippen molar-refractivity contribution in [2.75, 3.05) is 26.9 Å². The molecule has 16 nitrogen and oxygen atoms in total. The summed E-state index contributed by atoms with van der Waals surface area (Å²) in [5.74, 6) is 1.44. The fourth-order valence-electron chi connectivity index (χ4n) is 9.17. The van der Waals surface area contributed by atoms with Gasteiger partial charge in [-0.2, -0.15) is 0 Å². The number of likely N-dealkylation sites (tertiary alicyclic amines) is 1. The SMILES string of the molecule is COC(=O)N[C@H](C(=O)N(Cc1ncc(-c2ccc3c(c2)cc2n3C(c3ccccc3)Oc3cc(-c4cnc([C@@H]5CCCN5C(=O)[C@@H](NC(=O)OC)C(C)C)[nH]4)ccc3-2)[nH]1)C[Si](C)(C)C)C(C)C. The van der Waals surface area contributed by atoms with Gasteiger partial charge in [-0.1, -0.05) is 89.8 Å². The zero-order valence-electron chi connectivity index (χ0n) is 39.7. The van der Waals surface area contributed by atoms with Crippen LogP contribution in [0.2, 0.25) is 19.6 Å². The topological polar surface area (TPSA) is 189 Å². The Morgan fingerprint density at radius 1 is 0.836 bits per heavy atom. The Kier molecular flexibility index (Phi) is 13.3. The lowest BCUT2D eigenvalue weighted by Gasteiger charge is -2.32. The van der Waals surface area contributed by atoms with Crippen LogP contribution in [0.25, 0.3) is 44.7 Å². The van der Waals surface area contributed by atoms with Crippen molar-refractivity contribution in [3.63, 3.8) is 0 Å². The van der Waals surface area contributed by atoms with Crippen LogP contribution in [0.4, 0.5) is 9.59 Å². The first-order valence-corrected chi connectivity index (χ1v) is 26.6. The number of methoxy groups -OCH3 is 2. The van der Waals surface area contributed by atoms with Gasteiger partial charge in [0.05, 0.1) is 69.9 Å². The maximum atomic E-state index is 14.0.